The van der Waals surface area contributed by atoms with Crippen molar-refractivity contribution in [2.24, 2.45) is 0 Å². The lowest BCUT2D eigenvalue weighted by molar-refractivity contribution is -0.153. The first-order chi connectivity index (χ1) is 17.4. The zero-order valence-corrected chi connectivity index (χ0v) is 21.3. The summed E-state index contributed by atoms with van der Waals surface area (Å²) >= 11 is 1.06. The number of imide groups is 1. The van der Waals surface area contributed by atoms with Crippen molar-refractivity contribution < 1.29 is 39.0 Å². The minimum Gasteiger partial charge on any atom is -0.480 e. The summed E-state index contributed by atoms with van der Waals surface area (Å²) in [5.74, 6) is -5.33. The molecule has 0 aliphatic carbocycles. The van der Waals surface area contributed by atoms with Gasteiger partial charge in [0.15, 0.2) is 6.04 Å². The molecule has 2 fully saturated rings. The quantitative estimate of drug-likeness (QED) is 0.274. The first kappa shape index (κ1) is 27.9. The summed E-state index contributed by atoms with van der Waals surface area (Å²) in [5.41, 5.74) is 0.305. The lowest BCUT2D eigenvalue weighted by atomic mass is 10.0. The van der Waals surface area contributed by atoms with Crippen molar-refractivity contribution in [3.63, 3.8) is 0 Å². The lowest BCUT2D eigenvalue weighted by Crippen LogP contribution is -2.60. The van der Waals surface area contributed by atoms with E-state index in [-0.39, 0.29) is 13.1 Å². The van der Waals surface area contributed by atoms with Crippen molar-refractivity contribution in [2.75, 3.05) is 19.6 Å². The molecule has 0 unspecified atom stereocenters. The Balaban J connectivity index is 1.82. The first-order valence-corrected chi connectivity index (χ1v) is 12.4. The number of thioether (sulfide) groups is 1. The van der Waals surface area contributed by atoms with Gasteiger partial charge in [-0.2, -0.15) is 0 Å². The number of carboxylic acid groups (broad SMARTS) is 2. The van der Waals surface area contributed by atoms with Crippen molar-refractivity contribution in [1.82, 2.24) is 25.8 Å². The number of rotatable bonds is 8. The maximum absolute atomic E-state index is 13.3. The molecule has 2 saturated heterocycles. The smallest absolute Gasteiger partial charge is 0.328 e. The van der Waals surface area contributed by atoms with E-state index in [4.69, 9.17) is 0 Å². The van der Waals surface area contributed by atoms with Crippen LogP contribution in [-0.2, 0) is 24.0 Å². The first-order valence-electron chi connectivity index (χ1n) is 11.5. The number of aliphatic carboxylic acids is 2. The second-order valence-electron chi connectivity index (χ2n) is 9.04. The third-order valence-electron chi connectivity index (χ3n) is 6.17. The number of piperazine rings is 1. The number of hydrogen-bond donors (Lipinski definition) is 5. The maximum atomic E-state index is 13.3. The number of carboxylic acids is 2. The van der Waals surface area contributed by atoms with Gasteiger partial charge in [0.1, 0.15) is 12.1 Å². The van der Waals surface area contributed by atoms with Crippen molar-refractivity contribution in [3.05, 3.63) is 35.9 Å². The molecule has 200 valence electrons. The van der Waals surface area contributed by atoms with Gasteiger partial charge in [0.25, 0.3) is 0 Å². The third kappa shape index (κ3) is 6.02. The fourth-order valence-electron chi connectivity index (χ4n) is 4.15. The van der Waals surface area contributed by atoms with Crippen LogP contribution in [0.15, 0.2) is 30.3 Å². The average Bonchev–Trinajstić information content (AvgIpc) is 3.17. The highest BCUT2D eigenvalue weighted by atomic mass is 32.2. The summed E-state index contributed by atoms with van der Waals surface area (Å²) in [6, 6.07) is 2.99. The minimum atomic E-state index is -1.54. The SMILES string of the molecule is CCN1CCN(C(=O)N[C@@H](C(=O)N[C@@H](C(=O)O)[C@@H]2N[C@@H](C(=O)O)C(C)(C)S2)c2ccccc2)C(=O)C1=O. The van der Waals surface area contributed by atoms with Crippen LogP contribution >= 0.6 is 11.8 Å². The van der Waals surface area contributed by atoms with E-state index in [9.17, 15) is 39.0 Å². The summed E-state index contributed by atoms with van der Waals surface area (Å²) in [6.45, 7) is 5.37. The maximum Gasteiger partial charge on any atom is 0.328 e. The second kappa shape index (κ2) is 11.2. The molecule has 1 aromatic carbocycles. The topological polar surface area (TPSA) is 185 Å². The van der Waals surface area contributed by atoms with E-state index in [0.29, 0.717) is 17.0 Å². The standard InChI is InChI=1S/C23H29N5O8S/c1-4-27-10-11-28(19(31)18(27)30)22(36)25-13(12-8-6-5-7-9-12)16(29)24-14(20(32)33)17-26-15(21(34)35)23(2,3)37-17/h5-9,13-15,17,26H,4,10-11H2,1-3H3,(H,24,29)(H,25,36)(H,32,33)(H,34,35)/t13-,14-,15+,17-/m1/s1. The Morgan fingerprint density at radius 3 is 2.27 bits per heavy atom. The van der Waals surface area contributed by atoms with Crippen LogP contribution < -0.4 is 16.0 Å². The Bertz CT molecular complexity index is 1100. The average molecular weight is 536 g/mol. The Morgan fingerprint density at radius 1 is 1.08 bits per heavy atom. The number of amides is 5. The van der Waals surface area contributed by atoms with Crippen LogP contribution in [0.4, 0.5) is 4.79 Å². The molecule has 5 N–H and O–H groups in total. The number of carbonyl (C=O) groups excluding carboxylic acids is 4. The van der Waals surface area contributed by atoms with Gasteiger partial charge in [0.05, 0.1) is 5.37 Å². The van der Waals surface area contributed by atoms with Gasteiger partial charge in [-0.25, -0.2) is 9.59 Å². The van der Waals surface area contributed by atoms with Crippen LogP contribution in [-0.4, -0.2) is 97.5 Å². The number of benzene rings is 1. The van der Waals surface area contributed by atoms with Crippen LogP contribution in [0, 0.1) is 0 Å². The predicted octanol–water partition coefficient (Wildman–Crippen LogP) is -0.408. The number of nitrogens with one attached hydrogen (secondary N) is 3. The molecule has 1 aromatic rings. The zero-order chi connectivity index (χ0) is 27.5. The zero-order valence-electron chi connectivity index (χ0n) is 20.5. The Hall–Kier alpha value is -3.65. The third-order valence-corrected chi connectivity index (χ3v) is 7.67. The van der Waals surface area contributed by atoms with E-state index >= 15 is 0 Å². The monoisotopic (exact) mass is 535 g/mol. The molecule has 0 bridgehead atoms. The van der Waals surface area contributed by atoms with Crippen LogP contribution in [0.2, 0.25) is 0 Å². The van der Waals surface area contributed by atoms with Gasteiger partial charge >= 0.3 is 29.8 Å². The van der Waals surface area contributed by atoms with E-state index in [1.165, 1.54) is 17.0 Å². The fraction of sp³-hybridized carbons (Fsp3) is 0.478. The summed E-state index contributed by atoms with van der Waals surface area (Å²) in [5, 5.41) is 25.9. The minimum absolute atomic E-state index is 0.0700. The number of carbonyl (C=O) groups is 6. The molecule has 2 aliphatic heterocycles. The summed E-state index contributed by atoms with van der Waals surface area (Å²) in [7, 11) is 0. The van der Waals surface area contributed by atoms with Crippen LogP contribution in [0.25, 0.3) is 0 Å². The molecule has 0 spiro atoms. The van der Waals surface area contributed by atoms with Crippen LogP contribution in [0.1, 0.15) is 32.4 Å². The van der Waals surface area contributed by atoms with E-state index in [1.54, 1.807) is 39.0 Å². The molecule has 0 radical (unpaired) electrons. The molecular weight excluding hydrogens is 506 g/mol. The van der Waals surface area contributed by atoms with E-state index in [0.717, 1.165) is 11.8 Å². The molecule has 0 aromatic heterocycles. The number of urea groups is 1. The Morgan fingerprint density at radius 2 is 1.73 bits per heavy atom. The molecule has 5 amide bonds. The van der Waals surface area contributed by atoms with E-state index in [1.807, 2.05) is 0 Å². The molecule has 2 heterocycles. The van der Waals surface area contributed by atoms with Gasteiger partial charge in [-0.1, -0.05) is 30.3 Å². The van der Waals surface area contributed by atoms with E-state index in [2.05, 4.69) is 16.0 Å². The lowest BCUT2D eigenvalue weighted by Gasteiger charge is -2.33. The van der Waals surface area contributed by atoms with Gasteiger partial charge < -0.3 is 25.7 Å². The largest absolute Gasteiger partial charge is 0.480 e. The van der Waals surface area contributed by atoms with Crippen molar-refractivity contribution in [2.45, 2.75) is 49.0 Å². The van der Waals surface area contributed by atoms with Gasteiger partial charge in [0.2, 0.25) is 5.91 Å². The Labute approximate surface area is 216 Å². The van der Waals surface area contributed by atoms with Crippen LogP contribution in [0.5, 0.6) is 0 Å². The molecule has 37 heavy (non-hydrogen) atoms. The summed E-state index contributed by atoms with van der Waals surface area (Å²) < 4.78 is -0.866. The molecule has 0 saturated carbocycles. The molecule has 4 atom stereocenters. The van der Waals surface area contributed by atoms with Crippen LogP contribution in [0.3, 0.4) is 0 Å². The normalized spacial score (nSPS) is 22.8. The van der Waals surface area contributed by atoms with Crippen molar-refractivity contribution in [3.8, 4) is 0 Å². The molecule has 3 rings (SSSR count). The van der Waals surface area contributed by atoms with Gasteiger partial charge in [-0.05, 0) is 26.3 Å². The predicted molar refractivity (Wildman–Crippen MR) is 131 cm³/mol. The molecule has 13 nitrogen and oxygen atoms in total. The fourth-order valence-corrected chi connectivity index (χ4v) is 5.63. The van der Waals surface area contributed by atoms with E-state index < -0.39 is 63.9 Å². The summed E-state index contributed by atoms with van der Waals surface area (Å²) in [4.78, 5) is 76.7. The molecule has 14 heteroatoms. The molecular formula is C23H29N5O8S. The molecule has 2 aliphatic rings. The highest BCUT2D eigenvalue weighted by Crippen LogP contribution is 2.39. The Kier molecular flexibility index (Phi) is 8.43. The van der Waals surface area contributed by atoms with Crippen molar-refractivity contribution in [1.29, 1.82) is 0 Å². The number of hydrogen-bond acceptors (Lipinski definition) is 8. The highest BCUT2D eigenvalue weighted by molar-refractivity contribution is 8.01. The number of nitrogens with zero attached hydrogens (tertiary/aromatic N) is 2. The van der Waals surface area contributed by atoms with Gasteiger partial charge in [-0.15, -0.1) is 11.8 Å². The van der Waals surface area contributed by atoms with Gasteiger partial charge in [0, 0.05) is 24.4 Å². The second-order valence-corrected chi connectivity index (χ2v) is 10.8. The number of likely N-dealkylation sites (N-methyl/N-ethyl adjacent to an activating group) is 1. The van der Waals surface area contributed by atoms with Crippen molar-refractivity contribution >= 4 is 47.5 Å². The van der Waals surface area contributed by atoms with Gasteiger partial charge in [-0.3, -0.25) is 29.4 Å². The highest BCUT2D eigenvalue weighted by Gasteiger charge is 2.50. The summed E-state index contributed by atoms with van der Waals surface area (Å²) in [6.07, 6.45) is 0.